The van der Waals surface area contributed by atoms with Crippen LogP contribution in [0.15, 0.2) is 0 Å². The first kappa shape index (κ1) is 10.7. The van der Waals surface area contributed by atoms with Gasteiger partial charge in [0.05, 0.1) is 5.92 Å². The Morgan fingerprint density at radius 2 is 2.25 bits per heavy atom. The molecule has 8 heavy (non-hydrogen) atoms. The third-order valence-corrected chi connectivity index (χ3v) is 0.775. The molecule has 3 N–H and O–H groups in total. The highest BCUT2D eigenvalue weighted by atomic mass is 35.5. The zero-order chi connectivity index (χ0) is 5.86. The molecule has 0 aliphatic heterocycles. The Kier molecular flexibility index (Phi) is 6.48. The topological polar surface area (TPSA) is 63.3 Å². The first-order chi connectivity index (χ1) is 3.18. The molecule has 50 valence electrons. The summed E-state index contributed by atoms with van der Waals surface area (Å²) in [4.78, 5) is 9.85. The van der Waals surface area contributed by atoms with E-state index in [-0.39, 0.29) is 19.0 Å². The second kappa shape index (κ2) is 4.87. The summed E-state index contributed by atoms with van der Waals surface area (Å²) in [6.07, 6.45) is 0. The van der Waals surface area contributed by atoms with Crippen LogP contribution in [0, 0.1) is 5.92 Å². The maximum atomic E-state index is 9.85. The molecule has 0 unspecified atom stereocenters. The maximum absolute atomic E-state index is 9.85. The molecule has 0 heterocycles. The van der Waals surface area contributed by atoms with Crippen LogP contribution in [0.4, 0.5) is 0 Å². The van der Waals surface area contributed by atoms with Crippen molar-refractivity contribution in [2.75, 3.05) is 6.54 Å². The minimum absolute atomic E-state index is 0. The van der Waals surface area contributed by atoms with Gasteiger partial charge in [-0.2, -0.15) is 0 Å². The average molecular weight is 140 g/mol. The highest BCUT2D eigenvalue weighted by molar-refractivity contribution is 5.85. The van der Waals surface area contributed by atoms with Gasteiger partial charge in [0.25, 0.3) is 0 Å². The lowest BCUT2D eigenvalue weighted by Crippen LogP contribution is -2.19. The molecule has 0 aromatic carbocycles. The standard InChI is InChI=1S/C4H9NO2.ClH/c1-3(2-5)4(6)7;/h3H,2,5H2,1H3,(H,6,7);1H/t3-;/m1./s1. The van der Waals surface area contributed by atoms with Gasteiger partial charge in [0.15, 0.2) is 0 Å². The van der Waals surface area contributed by atoms with E-state index in [0.717, 1.165) is 0 Å². The predicted molar refractivity (Wildman–Crippen MR) is 33.1 cm³/mol. The summed E-state index contributed by atoms with van der Waals surface area (Å²) in [7, 11) is 0. The number of carboxylic acids is 1. The predicted octanol–water partition coefficient (Wildman–Crippen LogP) is 0.0876. The molecular weight excluding hydrogens is 130 g/mol. The van der Waals surface area contributed by atoms with E-state index in [1.54, 1.807) is 6.92 Å². The van der Waals surface area contributed by atoms with Crippen LogP contribution in [0.1, 0.15) is 6.92 Å². The summed E-state index contributed by atoms with van der Waals surface area (Å²) in [6.45, 7) is 1.79. The fraction of sp³-hybridized carbons (Fsp3) is 0.750. The Bertz CT molecular complexity index is 76.4. The van der Waals surface area contributed by atoms with Crippen molar-refractivity contribution in [2.24, 2.45) is 11.7 Å². The minimum Gasteiger partial charge on any atom is -0.481 e. The van der Waals surface area contributed by atoms with Crippen molar-refractivity contribution in [3.63, 3.8) is 0 Å². The molecule has 0 aromatic rings. The van der Waals surface area contributed by atoms with Gasteiger partial charge in [-0.1, -0.05) is 6.92 Å². The van der Waals surface area contributed by atoms with E-state index in [4.69, 9.17) is 10.8 Å². The van der Waals surface area contributed by atoms with Gasteiger partial charge >= 0.3 is 5.97 Å². The molecule has 0 aliphatic rings. The highest BCUT2D eigenvalue weighted by Gasteiger charge is 2.05. The van der Waals surface area contributed by atoms with Crippen molar-refractivity contribution in [2.45, 2.75) is 6.92 Å². The van der Waals surface area contributed by atoms with Crippen LogP contribution in [0.3, 0.4) is 0 Å². The zero-order valence-electron chi connectivity index (χ0n) is 4.63. The fourth-order valence-electron chi connectivity index (χ4n) is 0.101. The van der Waals surface area contributed by atoms with Crippen molar-refractivity contribution in [1.29, 1.82) is 0 Å². The number of hydrogen-bond donors (Lipinski definition) is 2. The van der Waals surface area contributed by atoms with Gasteiger partial charge in [-0.05, 0) is 0 Å². The third-order valence-electron chi connectivity index (χ3n) is 0.775. The number of nitrogens with two attached hydrogens (primary N) is 1. The summed E-state index contributed by atoms with van der Waals surface area (Å²) in [5.41, 5.74) is 4.99. The van der Waals surface area contributed by atoms with Crippen molar-refractivity contribution in [3.05, 3.63) is 0 Å². The van der Waals surface area contributed by atoms with Crippen molar-refractivity contribution in [1.82, 2.24) is 0 Å². The van der Waals surface area contributed by atoms with Crippen LogP contribution in [0.2, 0.25) is 0 Å². The van der Waals surface area contributed by atoms with E-state index in [2.05, 4.69) is 0 Å². The number of aliphatic carboxylic acids is 1. The second-order valence-corrected chi connectivity index (χ2v) is 1.47. The van der Waals surface area contributed by atoms with Gasteiger partial charge in [-0.15, -0.1) is 12.4 Å². The molecule has 4 heteroatoms. The third kappa shape index (κ3) is 3.89. The average Bonchev–Trinajstić information content (AvgIpc) is 1.65. The van der Waals surface area contributed by atoms with Crippen molar-refractivity contribution >= 4 is 18.4 Å². The number of carboxylic acid groups (broad SMARTS) is 1. The highest BCUT2D eigenvalue weighted by Crippen LogP contribution is 1.87. The summed E-state index contributed by atoms with van der Waals surface area (Å²) in [6, 6.07) is 0. The smallest absolute Gasteiger partial charge is 0.307 e. The van der Waals surface area contributed by atoms with E-state index in [1.807, 2.05) is 0 Å². The molecule has 0 aromatic heterocycles. The lowest BCUT2D eigenvalue weighted by molar-refractivity contribution is -0.140. The molecule has 3 nitrogen and oxygen atoms in total. The Hall–Kier alpha value is -0.280. The molecular formula is C4H10ClNO2. The van der Waals surface area contributed by atoms with E-state index in [0.29, 0.717) is 0 Å². The molecule has 0 aliphatic carbocycles. The van der Waals surface area contributed by atoms with Crippen LogP contribution in [0.5, 0.6) is 0 Å². The monoisotopic (exact) mass is 139 g/mol. The van der Waals surface area contributed by atoms with Crippen molar-refractivity contribution < 1.29 is 9.90 Å². The molecule has 0 saturated heterocycles. The summed E-state index contributed by atoms with van der Waals surface area (Å²) >= 11 is 0. The minimum atomic E-state index is -0.831. The molecule has 0 bridgehead atoms. The quantitative estimate of drug-likeness (QED) is 0.570. The fourth-order valence-corrected chi connectivity index (χ4v) is 0.101. The maximum Gasteiger partial charge on any atom is 0.307 e. The van der Waals surface area contributed by atoms with Gasteiger partial charge < -0.3 is 10.8 Å². The van der Waals surface area contributed by atoms with Gasteiger partial charge in [0.1, 0.15) is 0 Å². The number of carbonyl (C=O) groups is 1. The van der Waals surface area contributed by atoms with Crippen LogP contribution in [0.25, 0.3) is 0 Å². The summed E-state index contributed by atoms with van der Waals surface area (Å²) in [5, 5.41) is 8.10. The molecule has 0 radical (unpaired) electrons. The van der Waals surface area contributed by atoms with Crippen LogP contribution < -0.4 is 5.73 Å². The summed E-state index contributed by atoms with van der Waals surface area (Å²) in [5.74, 6) is -1.23. The Morgan fingerprint density at radius 3 is 2.25 bits per heavy atom. The molecule has 0 saturated carbocycles. The Morgan fingerprint density at radius 1 is 1.88 bits per heavy atom. The van der Waals surface area contributed by atoms with E-state index < -0.39 is 11.9 Å². The Balaban J connectivity index is 0. The second-order valence-electron chi connectivity index (χ2n) is 1.47. The number of rotatable bonds is 2. The van der Waals surface area contributed by atoms with E-state index >= 15 is 0 Å². The van der Waals surface area contributed by atoms with Gasteiger partial charge in [0, 0.05) is 6.54 Å². The SMILES string of the molecule is C[C@H](CN)C(=O)O.Cl. The number of halogens is 1. The lowest BCUT2D eigenvalue weighted by atomic mass is 10.2. The molecule has 1 atom stereocenters. The van der Waals surface area contributed by atoms with Gasteiger partial charge in [-0.3, -0.25) is 4.79 Å². The lowest BCUT2D eigenvalue weighted by Gasteiger charge is -1.96. The van der Waals surface area contributed by atoms with Gasteiger partial charge in [-0.25, -0.2) is 0 Å². The van der Waals surface area contributed by atoms with Crippen LogP contribution in [-0.2, 0) is 4.79 Å². The molecule has 0 fully saturated rings. The van der Waals surface area contributed by atoms with E-state index in [9.17, 15) is 4.79 Å². The van der Waals surface area contributed by atoms with Crippen molar-refractivity contribution in [3.8, 4) is 0 Å². The van der Waals surface area contributed by atoms with Gasteiger partial charge in [0.2, 0.25) is 0 Å². The summed E-state index contributed by atoms with van der Waals surface area (Å²) < 4.78 is 0. The first-order valence-corrected chi connectivity index (χ1v) is 2.11. The van der Waals surface area contributed by atoms with E-state index in [1.165, 1.54) is 0 Å². The number of hydrogen-bond acceptors (Lipinski definition) is 2. The van der Waals surface area contributed by atoms with Crippen LogP contribution in [-0.4, -0.2) is 17.6 Å². The first-order valence-electron chi connectivity index (χ1n) is 2.11. The Labute approximate surface area is 54.3 Å². The molecule has 0 rings (SSSR count). The normalized spacial score (nSPS) is 11.8. The zero-order valence-corrected chi connectivity index (χ0v) is 5.44. The van der Waals surface area contributed by atoms with Crippen LogP contribution >= 0.6 is 12.4 Å². The molecule has 0 spiro atoms. The molecule has 0 amide bonds. The largest absolute Gasteiger partial charge is 0.481 e.